The lowest BCUT2D eigenvalue weighted by Crippen LogP contribution is -2.31. The van der Waals surface area contributed by atoms with Gasteiger partial charge in [0.15, 0.2) is 12.1 Å². The van der Waals surface area contributed by atoms with Crippen LogP contribution in [0.25, 0.3) is 0 Å². The molecule has 0 bridgehead atoms. The van der Waals surface area contributed by atoms with Crippen LogP contribution in [0.1, 0.15) is 76.3 Å². The summed E-state index contributed by atoms with van der Waals surface area (Å²) in [6.07, 6.45) is 13.2. The van der Waals surface area contributed by atoms with Crippen LogP contribution in [0.4, 0.5) is 4.39 Å². The minimum atomic E-state index is -1.06. The van der Waals surface area contributed by atoms with Crippen molar-refractivity contribution in [3.05, 3.63) is 59.7 Å². The molecule has 1 aliphatic heterocycles. The maximum absolute atomic E-state index is 15.3. The van der Waals surface area contributed by atoms with Crippen molar-refractivity contribution in [2.45, 2.75) is 103 Å². The summed E-state index contributed by atoms with van der Waals surface area (Å²) < 4.78 is 32.6. The molecule has 0 aromatic heterocycles. The molecule has 5 nitrogen and oxygen atoms in total. The van der Waals surface area contributed by atoms with Gasteiger partial charge in [-0.2, -0.15) is 0 Å². The first-order valence-corrected chi connectivity index (χ1v) is 14.4. The zero-order valence-electron chi connectivity index (χ0n) is 22.9. The Morgan fingerprint density at radius 2 is 1.89 bits per heavy atom. The normalized spacial score (nSPS) is 27.9. The van der Waals surface area contributed by atoms with E-state index in [1.807, 2.05) is 32.1 Å². The van der Waals surface area contributed by atoms with Crippen molar-refractivity contribution >= 4 is 11.8 Å². The highest BCUT2D eigenvalue weighted by molar-refractivity contribution is 5.92. The Kier molecular flexibility index (Phi) is 10.7. The number of esters is 1. The molecular formula is C32H43FO5. The number of carbonyl (C=O) groups is 2. The molecule has 0 radical (unpaired) electrons. The van der Waals surface area contributed by atoms with E-state index in [2.05, 4.69) is 24.3 Å². The monoisotopic (exact) mass is 526 g/mol. The molecule has 1 saturated carbocycles. The summed E-state index contributed by atoms with van der Waals surface area (Å²) >= 11 is 0. The summed E-state index contributed by atoms with van der Waals surface area (Å²) in [4.78, 5) is 24.8. The van der Waals surface area contributed by atoms with Crippen LogP contribution in [0.2, 0.25) is 0 Å². The first-order chi connectivity index (χ1) is 18.4. The number of hydrogen-bond donors (Lipinski definition) is 0. The van der Waals surface area contributed by atoms with Crippen molar-refractivity contribution in [2.75, 3.05) is 6.61 Å². The van der Waals surface area contributed by atoms with E-state index in [9.17, 15) is 9.59 Å². The first kappa shape index (κ1) is 28.7. The number of hydrogen-bond acceptors (Lipinski definition) is 5. The van der Waals surface area contributed by atoms with Gasteiger partial charge in [-0.25, -0.2) is 4.39 Å². The molecule has 6 heteroatoms. The van der Waals surface area contributed by atoms with Crippen LogP contribution < -0.4 is 0 Å². The van der Waals surface area contributed by atoms with Gasteiger partial charge in [0.2, 0.25) is 0 Å². The standard InChI is InChI=1S/C32H43FO5/c1-22(2)37-31(35)14-6-4-3-5-13-27-26(28(33)21-30(27)38-32-15-9-10-18-36-32)16-17-29(34)25-19-23-11-7-8-12-24(23)20-25/h3,5,7-8,11-12,16-17,22,25-28,30,32H,4,6,9-10,13-15,18-21H2,1-2H3/b5-3+,17-16+/t26-,27-,28+,30+,32?/m1/s1. The fraction of sp³-hybridized carbons (Fsp3) is 0.625. The van der Waals surface area contributed by atoms with E-state index in [-0.39, 0.29) is 48.0 Å². The largest absolute Gasteiger partial charge is 0.463 e. The van der Waals surface area contributed by atoms with E-state index in [4.69, 9.17) is 14.2 Å². The summed E-state index contributed by atoms with van der Waals surface area (Å²) in [5.41, 5.74) is 2.48. The topological polar surface area (TPSA) is 61.8 Å². The Morgan fingerprint density at radius 1 is 1.13 bits per heavy atom. The van der Waals surface area contributed by atoms with Crippen molar-refractivity contribution in [3.63, 3.8) is 0 Å². The Bertz CT molecular complexity index is 955. The van der Waals surface area contributed by atoms with E-state index in [0.717, 1.165) is 44.9 Å². The molecule has 5 atom stereocenters. The average molecular weight is 527 g/mol. The minimum Gasteiger partial charge on any atom is -0.463 e. The van der Waals surface area contributed by atoms with Gasteiger partial charge in [0.1, 0.15) is 6.17 Å². The number of carbonyl (C=O) groups excluding carboxylic acids is 2. The second-order valence-corrected chi connectivity index (χ2v) is 11.2. The summed E-state index contributed by atoms with van der Waals surface area (Å²) in [7, 11) is 0. The molecule has 2 aliphatic carbocycles. The van der Waals surface area contributed by atoms with Crippen molar-refractivity contribution in [2.24, 2.45) is 17.8 Å². The van der Waals surface area contributed by atoms with E-state index < -0.39 is 6.17 Å². The van der Waals surface area contributed by atoms with Gasteiger partial charge in [-0.3, -0.25) is 9.59 Å². The molecule has 1 saturated heterocycles. The fourth-order valence-corrected chi connectivity index (χ4v) is 5.97. The molecule has 3 aliphatic rings. The number of unbranched alkanes of at least 4 members (excludes halogenated alkanes) is 1. The zero-order valence-corrected chi connectivity index (χ0v) is 22.9. The quantitative estimate of drug-likeness (QED) is 0.135. The van der Waals surface area contributed by atoms with Crippen LogP contribution in [0.3, 0.4) is 0 Å². The molecule has 1 heterocycles. The van der Waals surface area contributed by atoms with Crippen LogP contribution in [-0.4, -0.2) is 43.0 Å². The van der Waals surface area contributed by atoms with Gasteiger partial charge >= 0.3 is 5.97 Å². The van der Waals surface area contributed by atoms with Crippen molar-refractivity contribution in [1.29, 1.82) is 0 Å². The number of ketones is 1. The highest BCUT2D eigenvalue weighted by Gasteiger charge is 2.43. The molecule has 38 heavy (non-hydrogen) atoms. The predicted molar refractivity (Wildman–Crippen MR) is 145 cm³/mol. The van der Waals surface area contributed by atoms with Gasteiger partial charge < -0.3 is 14.2 Å². The van der Waals surface area contributed by atoms with E-state index in [1.54, 1.807) is 6.08 Å². The summed E-state index contributed by atoms with van der Waals surface area (Å²) in [6, 6.07) is 8.20. The predicted octanol–water partition coefficient (Wildman–Crippen LogP) is 6.48. The van der Waals surface area contributed by atoms with Gasteiger partial charge in [0.25, 0.3) is 0 Å². The molecule has 208 valence electrons. The molecule has 2 fully saturated rings. The summed E-state index contributed by atoms with van der Waals surface area (Å²) in [5, 5.41) is 0. The zero-order chi connectivity index (χ0) is 26.9. The van der Waals surface area contributed by atoms with E-state index in [0.29, 0.717) is 25.9 Å². The van der Waals surface area contributed by atoms with Gasteiger partial charge in [-0.05, 0) is 88.3 Å². The smallest absolute Gasteiger partial charge is 0.306 e. The first-order valence-electron chi connectivity index (χ1n) is 14.4. The molecule has 0 N–H and O–H groups in total. The maximum atomic E-state index is 15.3. The summed E-state index contributed by atoms with van der Waals surface area (Å²) in [5.74, 6) is -0.599. The van der Waals surface area contributed by atoms with Crippen LogP contribution >= 0.6 is 0 Å². The third-order valence-corrected chi connectivity index (χ3v) is 7.94. The highest BCUT2D eigenvalue weighted by Crippen LogP contribution is 2.41. The van der Waals surface area contributed by atoms with Gasteiger partial charge in [-0.1, -0.05) is 42.5 Å². The van der Waals surface area contributed by atoms with Gasteiger partial charge in [0, 0.05) is 31.3 Å². The number of ether oxygens (including phenoxy) is 3. The van der Waals surface area contributed by atoms with Crippen molar-refractivity contribution in [1.82, 2.24) is 0 Å². The second kappa shape index (κ2) is 14.2. The Labute approximate surface area is 226 Å². The number of halogens is 1. The lowest BCUT2D eigenvalue weighted by molar-refractivity contribution is -0.195. The number of allylic oxidation sites excluding steroid dienone is 4. The minimum absolute atomic E-state index is 0.0634. The lowest BCUT2D eigenvalue weighted by atomic mass is 9.89. The van der Waals surface area contributed by atoms with Crippen LogP contribution in [0, 0.1) is 17.8 Å². The fourth-order valence-electron chi connectivity index (χ4n) is 5.97. The second-order valence-electron chi connectivity index (χ2n) is 11.2. The van der Waals surface area contributed by atoms with Crippen LogP contribution in [0.5, 0.6) is 0 Å². The summed E-state index contributed by atoms with van der Waals surface area (Å²) in [6.45, 7) is 4.38. The highest BCUT2D eigenvalue weighted by atomic mass is 19.1. The van der Waals surface area contributed by atoms with Gasteiger partial charge in [-0.15, -0.1) is 0 Å². The van der Waals surface area contributed by atoms with Crippen molar-refractivity contribution in [3.8, 4) is 0 Å². The third kappa shape index (κ3) is 8.09. The lowest BCUT2D eigenvalue weighted by Gasteiger charge is -2.29. The van der Waals surface area contributed by atoms with Crippen molar-refractivity contribution < 1.29 is 28.2 Å². The molecular weight excluding hydrogens is 483 g/mol. The molecule has 1 aromatic carbocycles. The number of alkyl halides is 1. The Morgan fingerprint density at radius 3 is 2.58 bits per heavy atom. The molecule has 0 spiro atoms. The molecule has 1 aromatic rings. The number of rotatable bonds is 12. The van der Waals surface area contributed by atoms with Crippen LogP contribution in [-0.2, 0) is 36.6 Å². The maximum Gasteiger partial charge on any atom is 0.306 e. The van der Waals surface area contributed by atoms with Gasteiger partial charge in [0.05, 0.1) is 12.2 Å². The molecule has 0 amide bonds. The molecule has 4 rings (SSSR count). The Balaban J connectivity index is 1.35. The average Bonchev–Trinajstić information content (AvgIpc) is 3.45. The Hall–Kier alpha value is -2.31. The van der Waals surface area contributed by atoms with Crippen LogP contribution in [0.15, 0.2) is 48.6 Å². The number of fused-ring (bicyclic) bond motifs is 1. The van der Waals surface area contributed by atoms with E-state index >= 15 is 4.39 Å². The number of benzene rings is 1. The molecule has 1 unspecified atom stereocenters. The van der Waals surface area contributed by atoms with E-state index in [1.165, 1.54) is 11.1 Å². The SMILES string of the molecule is CC(C)OC(=O)CCC/C=C/C[C@@H]1[C@@H](/C=C/C(=O)C2Cc3ccccc3C2)[C@@H](F)C[C@@H]1OC1CCCCO1. The third-order valence-electron chi connectivity index (χ3n) is 7.94.